The molecule has 0 aliphatic carbocycles. The van der Waals surface area contributed by atoms with E-state index in [0.717, 1.165) is 24.0 Å². The van der Waals surface area contributed by atoms with Crippen LogP contribution in [0.4, 0.5) is 0 Å². The van der Waals surface area contributed by atoms with Gasteiger partial charge in [-0.15, -0.1) is 0 Å². The summed E-state index contributed by atoms with van der Waals surface area (Å²) in [5.74, 6) is 0. The standard InChI is InChI=1S/C12H16BrCl2N/c1-9(2)16(7-6-13)8-10-4-3-5-11(14)12(10)15/h3-5,9H,6-8H2,1-2H3. The zero-order valence-corrected chi connectivity index (χ0v) is 12.6. The van der Waals surface area contributed by atoms with E-state index in [1.54, 1.807) is 0 Å². The van der Waals surface area contributed by atoms with Crippen LogP contribution in [0.3, 0.4) is 0 Å². The van der Waals surface area contributed by atoms with Crippen LogP contribution in [0.25, 0.3) is 0 Å². The van der Waals surface area contributed by atoms with Gasteiger partial charge in [-0.1, -0.05) is 51.3 Å². The average molecular weight is 325 g/mol. The summed E-state index contributed by atoms with van der Waals surface area (Å²) in [5, 5.41) is 2.26. The monoisotopic (exact) mass is 323 g/mol. The molecule has 0 unspecified atom stereocenters. The van der Waals surface area contributed by atoms with Crippen LogP contribution in [0.1, 0.15) is 19.4 Å². The maximum Gasteiger partial charge on any atom is 0.0637 e. The van der Waals surface area contributed by atoms with E-state index < -0.39 is 0 Å². The lowest BCUT2D eigenvalue weighted by atomic mass is 10.2. The zero-order chi connectivity index (χ0) is 12.1. The zero-order valence-electron chi connectivity index (χ0n) is 9.51. The van der Waals surface area contributed by atoms with Gasteiger partial charge in [-0.3, -0.25) is 4.90 Å². The van der Waals surface area contributed by atoms with Gasteiger partial charge in [-0.25, -0.2) is 0 Å². The van der Waals surface area contributed by atoms with Crippen LogP contribution in [0.5, 0.6) is 0 Å². The molecule has 0 fully saturated rings. The van der Waals surface area contributed by atoms with Crippen LogP contribution < -0.4 is 0 Å². The highest BCUT2D eigenvalue weighted by atomic mass is 79.9. The van der Waals surface area contributed by atoms with Crippen molar-refractivity contribution in [2.24, 2.45) is 0 Å². The molecule has 0 radical (unpaired) electrons. The Morgan fingerprint density at radius 3 is 2.56 bits per heavy atom. The van der Waals surface area contributed by atoms with Crippen LogP contribution >= 0.6 is 39.1 Å². The van der Waals surface area contributed by atoms with Gasteiger partial charge in [0.15, 0.2) is 0 Å². The second-order valence-electron chi connectivity index (χ2n) is 3.97. The SMILES string of the molecule is CC(C)N(CCBr)Cc1cccc(Cl)c1Cl. The van der Waals surface area contributed by atoms with E-state index in [4.69, 9.17) is 23.2 Å². The van der Waals surface area contributed by atoms with Crippen molar-refractivity contribution in [2.75, 3.05) is 11.9 Å². The van der Waals surface area contributed by atoms with Gasteiger partial charge in [-0.05, 0) is 25.5 Å². The average Bonchev–Trinajstić information content (AvgIpc) is 2.23. The number of rotatable bonds is 5. The van der Waals surface area contributed by atoms with Crippen molar-refractivity contribution in [1.82, 2.24) is 4.90 Å². The van der Waals surface area contributed by atoms with Gasteiger partial charge < -0.3 is 0 Å². The van der Waals surface area contributed by atoms with Crippen molar-refractivity contribution in [3.05, 3.63) is 33.8 Å². The third-order valence-corrected chi connectivity index (χ3v) is 3.72. The molecule has 1 aromatic carbocycles. The summed E-state index contributed by atoms with van der Waals surface area (Å²) >= 11 is 15.6. The molecule has 16 heavy (non-hydrogen) atoms. The lowest BCUT2D eigenvalue weighted by Gasteiger charge is -2.26. The predicted molar refractivity (Wildman–Crippen MR) is 75.8 cm³/mol. The van der Waals surface area contributed by atoms with E-state index in [1.165, 1.54) is 0 Å². The minimum absolute atomic E-state index is 0.493. The molecule has 0 amide bonds. The van der Waals surface area contributed by atoms with Crippen LogP contribution in [-0.4, -0.2) is 22.8 Å². The number of alkyl halides is 1. The van der Waals surface area contributed by atoms with Crippen molar-refractivity contribution in [1.29, 1.82) is 0 Å². The molecule has 0 atom stereocenters. The molecule has 0 bridgehead atoms. The molecule has 4 heteroatoms. The van der Waals surface area contributed by atoms with Gasteiger partial charge in [0, 0.05) is 24.5 Å². The number of hydrogen-bond donors (Lipinski definition) is 0. The molecule has 0 aromatic heterocycles. The molecular formula is C12H16BrCl2N. The second kappa shape index (κ2) is 6.85. The molecular weight excluding hydrogens is 309 g/mol. The fraction of sp³-hybridized carbons (Fsp3) is 0.500. The summed E-state index contributed by atoms with van der Waals surface area (Å²) in [6.45, 7) is 6.20. The van der Waals surface area contributed by atoms with Crippen LogP contribution in [0.2, 0.25) is 10.0 Å². The maximum atomic E-state index is 6.17. The Morgan fingerprint density at radius 2 is 2.00 bits per heavy atom. The predicted octanol–water partition coefficient (Wildman–Crippen LogP) is 4.60. The number of benzene rings is 1. The summed E-state index contributed by atoms with van der Waals surface area (Å²) in [5.41, 5.74) is 1.09. The number of nitrogens with zero attached hydrogens (tertiary/aromatic N) is 1. The fourth-order valence-corrected chi connectivity index (χ4v) is 2.35. The Hall–Kier alpha value is 0.240. The molecule has 1 aromatic rings. The summed E-state index contributed by atoms with van der Waals surface area (Å²) in [6.07, 6.45) is 0. The highest BCUT2D eigenvalue weighted by Gasteiger charge is 2.12. The maximum absolute atomic E-state index is 6.17. The Labute approximate surface area is 116 Å². The number of hydrogen-bond acceptors (Lipinski definition) is 1. The Morgan fingerprint density at radius 1 is 1.31 bits per heavy atom. The lowest BCUT2D eigenvalue weighted by Crippen LogP contribution is -2.32. The Kier molecular flexibility index (Phi) is 6.12. The second-order valence-corrected chi connectivity index (χ2v) is 5.54. The van der Waals surface area contributed by atoms with E-state index in [0.29, 0.717) is 16.1 Å². The minimum atomic E-state index is 0.493. The summed E-state index contributed by atoms with van der Waals surface area (Å²) in [4.78, 5) is 2.35. The molecule has 1 nitrogen and oxygen atoms in total. The first-order chi connectivity index (χ1) is 7.56. The first kappa shape index (κ1) is 14.3. The first-order valence-electron chi connectivity index (χ1n) is 5.29. The normalized spacial score (nSPS) is 11.4. The van der Waals surface area contributed by atoms with Gasteiger partial charge in [0.05, 0.1) is 10.0 Å². The molecule has 0 spiro atoms. The van der Waals surface area contributed by atoms with Gasteiger partial charge in [0.25, 0.3) is 0 Å². The van der Waals surface area contributed by atoms with E-state index in [-0.39, 0.29) is 0 Å². The largest absolute Gasteiger partial charge is 0.296 e. The summed E-state index contributed by atoms with van der Waals surface area (Å²) in [7, 11) is 0. The topological polar surface area (TPSA) is 3.24 Å². The van der Waals surface area contributed by atoms with Gasteiger partial charge in [-0.2, -0.15) is 0 Å². The van der Waals surface area contributed by atoms with E-state index >= 15 is 0 Å². The summed E-state index contributed by atoms with van der Waals surface area (Å²) < 4.78 is 0. The molecule has 0 N–H and O–H groups in total. The van der Waals surface area contributed by atoms with Crippen molar-refractivity contribution in [3.63, 3.8) is 0 Å². The van der Waals surface area contributed by atoms with Crippen LogP contribution in [0.15, 0.2) is 18.2 Å². The van der Waals surface area contributed by atoms with Gasteiger partial charge in [0.2, 0.25) is 0 Å². The lowest BCUT2D eigenvalue weighted by molar-refractivity contribution is 0.227. The molecule has 0 aliphatic heterocycles. The van der Waals surface area contributed by atoms with E-state index in [1.807, 2.05) is 18.2 Å². The van der Waals surface area contributed by atoms with Gasteiger partial charge in [0.1, 0.15) is 0 Å². The fourth-order valence-electron chi connectivity index (χ4n) is 1.52. The highest BCUT2D eigenvalue weighted by molar-refractivity contribution is 9.09. The van der Waals surface area contributed by atoms with Gasteiger partial charge >= 0.3 is 0 Å². The first-order valence-corrected chi connectivity index (χ1v) is 7.17. The van der Waals surface area contributed by atoms with E-state index in [9.17, 15) is 0 Å². The van der Waals surface area contributed by atoms with E-state index in [2.05, 4.69) is 34.7 Å². The van der Waals surface area contributed by atoms with Crippen molar-refractivity contribution in [2.45, 2.75) is 26.4 Å². The molecule has 0 saturated heterocycles. The Balaban J connectivity index is 2.81. The van der Waals surface area contributed by atoms with Crippen molar-refractivity contribution >= 4 is 39.1 Å². The molecule has 90 valence electrons. The molecule has 0 saturated carbocycles. The third kappa shape index (κ3) is 3.92. The van der Waals surface area contributed by atoms with Crippen molar-refractivity contribution < 1.29 is 0 Å². The molecule has 0 aliphatic rings. The highest BCUT2D eigenvalue weighted by Crippen LogP contribution is 2.26. The summed E-state index contributed by atoms with van der Waals surface area (Å²) in [6, 6.07) is 6.28. The molecule has 1 rings (SSSR count). The smallest absolute Gasteiger partial charge is 0.0637 e. The van der Waals surface area contributed by atoms with Crippen molar-refractivity contribution in [3.8, 4) is 0 Å². The quantitative estimate of drug-likeness (QED) is 0.715. The number of halogens is 3. The van der Waals surface area contributed by atoms with Crippen LogP contribution in [0, 0.1) is 0 Å². The Bertz CT molecular complexity index is 342. The van der Waals surface area contributed by atoms with Crippen LogP contribution in [-0.2, 0) is 6.54 Å². The minimum Gasteiger partial charge on any atom is -0.296 e. The third-order valence-electron chi connectivity index (χ3n) is 2.51. The molecule has 0 heterocycles.